The normalized spacial score (nSPS) is 16.9. The number of primary sulfonamides is 1. The molecule has 0 fully saturated rings. The topological polar surface area (TPSA) is 114 Å². The van der Waals surface area contributed by atoms with Crippen LogP contribution >= 0.6 is 0 Å². The van der Waals surface area contributed by atoms with Gasteiger partial charge in [-0.15, -0.1) is 0 Å². The summed E-state index contributed by atoms with van der Waals surface area (Å²) in [4.78, 5) is 0.0479. The molecule has 1 aliphatic heterocycles. The van der Waals surface area contributed by atoms with Gasteiger partial charge >= 0.3 is 0 Å². The van der Waals surface area contributed by atoms with Crippen LogP contribution in [0.1, 0.15) is 29.3 Å². The maximum absolute atomic E-state index is 11.6. The van der Waals surface area contributed by atoms with E-state index in [1.54, 1.807) is 35.0 Å². The number of hydrogen-bond donors (Lipinski definition) is 2. The maximum atomic E-state index is 11.6. The molecule has 0 radical (unpaired) electrons. The number of hydrogen-bond acceptors (Lipinski definition) is 6. The second-order valence-corrected chi connectivity index (χ2v) is 8.61. The highest BCUT2D eigenvalue weighted by Crippen LogP contribution is 2.38. The van der Waals surface area contributed by atoms with Crippen molar-refractivity contribution in [3.8, 4) is 5.75 Å². The fraction of sp³-hybridized carbons (Fsp3) is 0.200. The third-order valence-electron chi connectivity index (χ3n) is 4.93. The molecule has 0 amide bonds. The number of phenols is 1. The predicted molar refractivity (Wildman–Crippen MR) is 110 cm³/mol. The molecular weight excluding hydrogens is 390 g/mol. The Morgan fingerprint density at radius 2 is 1.90 bits per heavy atom. The average Bonchev–Trinajstić information content (AvgIpc) is 3.24. The van der Waals surface area contributed by atoms with Gasteiger partial charge in [0.25, 0.3) is 0 Å². The van der Waals surface area contributed by atoms with Crippen LogP contribution in [0.5, 0.6) is 5.75 Å². The van der Waals surface area contributed by atoms with E-state index in [1.165, 1.54) is 12.1 Å². The summed E-state index contributed by atoms with van der Waals surface area (Å²) in [6, 6.07) is 13.2. The molecule has 0 aliphatic carbocycles. The van der Waals surface area contributed by atoms with E-state index in [1.807, 2.05) is 31.2 Å². The van der Waals surface area contributed by atoms with Crippen molar-refractivity contribution in [1.82, 2.24) is 9.78 Å². The molecule has 2 heterocycles. The SMILES string of the molecule is Cc1nn(C)cc1[C@@H]1CC(c2cccc(O)c2)=NN1c1ccc(S(N)(=O)=O)cc1. The van der Waals surface area contributed by atoms with Crippen LogP contribution in [0.25, 0.3) is 0 Å². The number of nitrogens with zero attached hydrogens (tertiary/aromatic N) is 4. The lowest BCUT2D eigenvalue weighted by Gasteiger charge is -2.23. The molecule has 1 aromatic heterocycles. The van der Waals surface area contributed by atoms with E-state index in [-0.39, 0.29) is 16.7 Å². The van der Waals surface area contributed by atoms with Gasteiger partial charge in [0.1, 0.15) is 5.75 Å². The number of phenolic OH excluding ortho intramolecular Hbond substituents is 1. The van der Waals surface area contributed by atoms with Crippen LogP contribution in [0.4, 0.5) is 5.69 Å². The minimum Gasteiger partial charge on any atom is -0.508 e. The number of aromatic hydroxyl groups is 1. The molecule has 29 heavy (non-hydrogen) atoms. The molecule has 0 saturated heterocycles. The van der Waals surface area contributed by atoms with E-state index in [4.69, 9.17) is 10.2 Å². The lowest BCUT2D eigenvalue weighted by molar-refractivity contribution is 0.475. The lowest BCUT2D eigenvalue weighted by atomic mass is 9.98. The van der Waals surface area contributed by atoms with Crippen LogP contribution in [0.2, 0.25) is 0 Å². The van der Waals surface area contributed by atoms with Crippen molar-refractivity contribution >= 4 is 21.4 Å². The zero-order chi connectivity index (χ0) is 20.8. The van der Waals surface area contributed by atoms with E-state index >= 15 is 0 Å². The van der Waals surface area contributed by atoms with E-state index in [0.29, 0.717) is 6.42 Å². The molecule has 8 nitrogen and oxygen atoms in total. The summed E-state index contributed by atoms with van der Waals surface area (Å²) in [7, 11) is -1.90. The van der Waals surface area contributed by atoms with E-state index in [0.717, 1.165) is 28.2 Å². The molecule has 1 atom stereocenters. The van der Waals surface area contributed by atoms with Gasteiger partial charge in [-0.05, 0) is 43.3 Å². The van der Waals surface area contributed by atoms with Gasteiger partial charge in [-0.25, -0.2) is 13.6 Å². The van der Waals surface area contributed by atoms with Gasteiger partial charge in [0.05, 0.1) is 28.0 Å². The van der Waals surface area contributed by atoms with Crippen molar-refractivity contribution in [2.75, 3.05) is 5.01 Å². The number of rotatable bonds is 4. The Bertz CT molecular complexity index is 1200. The second kappa shape index (κ2) is 7.02. The largest absolute Gasteiger partial charge is 0.508 e. The van der Waals surface area contributed by atoms with E-state index in [2.05, 4.69) is 5.10 Å². The molecule has 150 valence electrons. The molecule has 3 N–H and O–H groups in total. The zero-order valence-electron chi connectivity index (χ0n) is 16.0. The third kappa shape index (κ3) is 3.74. The van der Waals surface area contributed by atoms with Gasteiger partial charge in [-0.2, -0.15) is 10.2 Å². The first-order valence-corrected chi connectivity index (χ1v) is 10.6. The third-order valence-corrected chi connectivity index (χ3v) is 5.86. The summed E-state index contributed by atoms with van der Waals surface area (Å²) in [5.41, 5.74) is 4.32. The summed E-state index contributed by atoms with van der Waals surface area (Å²) >= 11 is 0. The van der Waals surface area contributed by atoms with Crippen LogP contribution in [0, 0.1) is 6.92 Å². The second-order valence-electron chi connectivity index (χ2n) is 7.04. The van der Waals surface area contributed by atoms with Crippen molar-refractivity contribution in [3.63, 3.8) is 0 Å². The van der Waals surface area contributed by atoms with Gasteiger partial charge in [-0.3, -0.25) is 9.69 Å². The van der Waals surface area contributed by atoms with Crippen LogP contribution in [-0.2, 0) is 17.1 Å². The van der Waals surface area contributed by atoms with Crippen LogP contribution in [-0.4, -0.2) is 29.0 Å². The highest BCUT2D eigenvalue weighted by atomic mass is 32.2. The molecule has 3 aromatic rings. The summed E-state index contributed by atoms with van der Waals surface area (Å²) in [5.74, 6) is 0.176. The Balaban J connectivity index is 1.78. The molecule has 0 bridgehead atoms. The van der Waals surface area contributed by atoms with E-state index < -0.39 is 10.0 Å². The maximum Gasteiger partial charge on any atom is 0.238 e. The van der Waals surface area contributed by atoms with Crippen LogP contribution in [0.15, 0.2) is 64.7 Å². The molecule has 0 unspecified atom stereocenters. The fourth-order valence-corrected chi connectivity index (χ4v) is 4.10. The first-order chi connectivity index (χ1) is 13.7. The molecular formula is C20H21N5O3S. The number of benzene rings is 2. The number of hydrazone groups is 1. The summed E-state index contributed by atoms with van der Waals surface area (Å²) in [6.45, 7) is 1.95. The number of nitrogens with two attached hydrogens (primary N) is 1. The predicted octanol–water partition coefficient (Wildman–Crippen LogP) is 2.44. The van der Waals surface area contributed by atoms with Crippen LogP contribution in [0.3, 0.4) is 0 Å². The first-order valence-electron chi connectivity index (χ1n) is 9.01. The number of anilines is 1. The summed E-state index contributed by atoms with van der Waals surface area (Å²) < 4.78 is 24.9. The Morgan fingerprint density at radius 3 is 2.48 bits per heavy atom. The molecule has 4 rings (SSSR count). The first kappa shape index (κ1) is 19.2. The average molecular weight is 411 g/mol. The Morgan fingerprint density at radius 1 is 1.17 bits per heavy atom. The number of aryl methyl sites for hydroxylation is 2. The van der Waals surface area contributed by atoms with Gasteiger partial charge in [0.15, 0.2) is 0 Å². The number of sulfonamides is 1. The Hall–Kier alpha value is -3.17. The fourth-order valence-electron chi connectivity index (χ4n) is 3.58. The van der Waals surface area contributed by atoms with Crippen molar-refractivity contribution < 1.29 is 13.5 Å². The van der Waals surface area contributed by atoms with Gasteiger partial charge in [0, 0.05) is 30.8 Å². The van der Waals surface area contributed by atoms with Crippen molar-refractivity contribution in [1.29, 1.82) is 0 Å². The van der Waals surface area contributed by atoms with E-state index in [9.17, 15) is 13.5 Å². The monoisotopic (exact) mass is 411 g/mol. The Labute approximate surface area is 168 Å². The summed E-state index contributed by atoms with van der Waals surface area (Å²) in [5, 5.41) is 26.1. The molecule has 0 saturated carbocycles. The highest BCUT2D eigenvalue weighted by molar-refractivity contribution is 7.89. The number of aromatic nitrogens is 2. The van der Waals surface area contributed by atoms with Gasteiger partial charge in [0.2, 0.25) is 10.0 Å². The molecule has 1 aliphatic rings. The van der Waals surface area contributed by atoms with Crippen molar-refractivity contribution in [2.45, 2.75) is 24.3 Å². The standard InChI is InChI=1S/C20H21N5O3S/c1-13-18(12-24(2)22-13)20-11-19(14-4-3-5-16(26)10-14)23-25(20)15-6-8-17(9-7-15)29(21,27)28/h3-10,12,20,26H,11H2,1-2H3,(H2,21,27,28)/t20-/m0/s1. The summed E-state index contributed by atoms with van der Waals surface area (Å²) in [6.07, 6.45) is 2.58. The molecule has 2 aromatic carbocycles. The molecule has 0 spiro atoms. The highest BCUT2D eigenvalue weighted by Gasteiger charge is 2.32. The zero-order valence-corrected chi connectivity index (χ0v) is 16.8. The lowest BCUT2D eigenvalue weighted by Crippen LogP contribution is -2.19. The van der Waals surface area contributed by atoms with Crippen molar-refractivity contribution in [2.24, 2.45) is 17.3 Å². The Kier molecular flexibility index (Phi) is 4.64. The van der Waals surface area contributed by atoms with Gasteiger partial charge < -0.3 is 5.11 Å². The van der Waals surface area contributed by atoms with Gasteiger partial charge in [-0.1, -0.05) is 12.1 Å². The smallest absolute Gasteiger partial charge is 0.238 e. The quantitative estimate of drug-likeness (QED) is 0.684. The van der Waals surface area contributed by atoms with Crippen LogP contribution < -0.4 is 10.1 Å². The van der Waals surface area contributed by atoms with Crippen molar-refractivity contribution in [3.05, 3.63) is 71.5 Å². The minimum atomic E-state index is -3.77. The molecule has 9 heteroatoms. The minimum absolute atomic E-state index is 0.0479.